The molecule has 0 N–H and O–H groups in total. The Bertz CT molecular complexity index is 371. The molecule has 1 aliphatic rings. The maximum Gasteiger partial charge on any atom is 0.0386 e. The van der Waals surface area contributed by atoms with Gasteiger partial charge in [-0.25, -0.2) is 0 Å². The molecule has 5 nitrogen and oxygen atoms in total. The molecule has 1 aliphatic heterocycles. The van der Waals surface area contributed by atoms with Crippen LogP contribution in [-0.4, -0.2) is 29.5 Å². The van der Waals surface area contributed by atoms with Gasteiger partial charge < -0.3 is 0 Å². The van der Waals surface area contributed by atoms with Gasteiger partial charge in [0.2, 0.25) is 0 Å². The summed E-state index contributed by atoms with van der Waals surface area (Å²) in [5.74, 6) is 0. The molecule has 0 bridgehead atoms. The molecule has 1 aromatic rings. The number of nitrogens with zero attached hydrogens (tertiary/aromatic N) is 5. The third kappa shape index (κ3) is 2.51. The third-order valence-electron chi connectivity index (χ3n) is 2.98. The molecule has 2 heterocycles. The lowest BCUT2D eigenvalue weighted by Gasteiger charge is -2.23. The minimum atomic E-state index is 0.447. The van der Waals surface area contributed by atoms with Crippen LogP contribution in [0.3, 0.4) is 0 Å². The average Bonchev–Trinajstić information content (AvgIpc) is 2.79. The van der Waals surface area contributed by atoms with Crippen molar-refractivity contribution in [2.24, 2.45) is 5.11 Å². The molecule has 1 atom stereocenters. The van der Waals surface area contributed by atoms with Gasteiger partial charge in [-0.1, -0.05) is 11.2 Å². The molecule has 0 radical (unpaired) electrons. The molecule has 0 amide bonds. The van der Waals surface area contributed by atoms with Gasteiger partial charge in [0.25, 0.3) is 0 Å². The van der Waals surface area contributed by atoms with Gasteiger partial charge in [0.05, 0.1) is 0 Å². The van der Waals surface area contributed by atoms with Crippen LogP contribution in [-0.2, 0) is 0 Å². The first-order valence-electron chi connectivity index (χ1n) is 5.56. The van der Waals surface area contributed by atoms with Crippen LogP contribution in [0.4, 0.5) is 0 Å². The van der Waals surface area contributed by atoms with E-state index < -0.39 is 0 Å². The lowest BCUT2D eigenvalue weighted by atomic mass is 10.1. The molecule has 2 rings (SSSR count). The van der Waals surface area contributed by atoms with Crippen LogP contribution >= 0.6 is 0 Å². The first-order chi connectivity index (χ1) is 7.92. The Balaban J connectivity index is 2.00. The Hall–Kier alpha value is -1.58. The van der Waals surface area contributed by atoms with Crippen molar-refractivity contribution in [2.45, 2.75) is 18.9 Å². The number of pyridine rings is 1. The van der Waals surface area contributed by atoms with E-state index in [1.165, 1.54) is 18.4 Å². The van der Waals surface area contributed by atoms with Crippen molar-refractivity contribution in [1.82, 2.24) is 9.88 Å². The van der Waals surface area contributed by atoms with Crippen LogP contribution in [0.25, 0.3) is 10.4 Å². The first kappa shape index (κ1) is 10.9. The number of aromatic nitrogens is 1. The van der Waals surface area contributed by atoms with E-state index in [0.717, 1.165) is 13.1 Å². The summed E-state index contributed by atoms with van der Waals surface area (Å²) >= 11 is 0. The Morgan fingerprint density at radius 2 is 2.56 bits per heavy atom. The van der Waals surface area contributed by atoms with E-state index in [1.54, 1.807) is 6.20 Å². The molecule has 1 aromatic heterocycles. The summed E-state index contributed by atoms with van der Waals surface area (Å²) in [6.45, 7) is 2.47. The lowest BCUT2D eigenvalue weighted by molar-refractivity contribution is 0.264. The highest BCUT2D eigenvalue weighted by molar-refractivity contribution is 5.15. The minimum Gasteiger partial charge on any atom is -0.296 e. The fourth-order valence-electron chi connectivity index (χ4n) is 2.26. The Kier molecular flexibility index (Phi) is 3.75. The summed E-state index contributed by atoms with van der Waals surface area (Å²) in [6, 6.07) is 4.53. The van der Waals surface area contributed by atoms with E-state index in [4.69, 9.17) is 5.53 Å². The highest BCUT2D eigenvalue weighted by Gasteiger charge is 2.25. The monoisotopic (exact) mass is 217 g/mol. The molecule has 1 saturated heterocycles. The molecular weight excluding hydrogens is 202 g/mol. The van der Waals surface area contributed by atoms with Gasteiger partial charge in [0.1, 0.15) is 0 Å². The fourth-order valence-corrected chi connectivity index (χ4v) is 2.26. The molecule has 0 aliphatic carbocycles. The summed E-state index contributed by atoms with van der Waals surface area (Å²) in [7, 11) is 0. The lowest BCUT2D eigenvalue weighted by Crippen LogP contribution is -2.25. The third-order valence-corrected chi connectivity index (χ3v) is 2.98. The Morgan fingerprint density at radius 3 is 3.31 bits per heavy atom. The smallest absolute Gasteiger partial charge is 0.0386 e. The Labute approximate surface area is 94.7 Å². The van der Waals surface area contributed by atoms with E-state index in [-0.39, 0.29) is 0 Å². The topological polar surface area (TPSA) is 64.9 Å². The van der Waals surface area contributed by atoms with E-state index in [9.17, 15) is 0 Å². The predicted octanol–water partition coefficient (Wildman–Crippen LogP) is 2.53. The van der Waals surface area contributed by atoms with Crippen molar-refractivity contribution in [3.05, 3.63) is 40.5 Å². The standard InChI is InChI=1S/C11H15N5/c12-15-14-6-8-16-7-2-4-11(16)10-3-1-5-13-9-10/h1,3,5,9,11H,2,4,6-8H2/t11-/m0/s1. The summed E-state index contributed by atoms with van der Waals surface area (Å²) in [4.78, 5) is 9.30. The van der Waals surface area contributed by atoms with Crippen LogP contribution in [0.5, 0.6) is 0 Å². The molecule has 0 aromatic carbocycles. The maximum absolute atomic E-state index is 8.25. The van der Waals surface area contributed by atoms with Crippen LogP contribution < -0.4 is 0 Å². The van der Waals surface area contributed by atoms with Crippen LogP contribution in [0.2, 0.25) is 0 Å². The van der Waals surface area contributed by atoms with Gasteiger partial charge >= 0.3 is 0 Å². The van der Waals surface area contributed by atoms with E-state index >= 15 is 0 Å². The normalized spacial score (nSPS) is 20.6. The number of likely N-dealkylation sites (tertiary alicyclic amines) is 1. The van der Waals surface area contributed by atoms with Crippen molar-refractivity contribution in [3.63, 3.8) is 0 Å². The zero-order valence-electron chi connectivity index (χ0n) is 9.16. The van der Waals surface area contributed by atoms with Gasteiger partial charge in [0.15, 0.2) is 0 Å². The molecule has 84 valence electrons. The zero-order valence-corrected chi connectivity index (χ0v) is 9.16. The number of azide groups is 1. The van der Waals surface area contributed by atoms with Gasteiger partial charge in [-0.2, -0.15) is 0 Å². The molecule has 0 spiro atoms. The molecule has 0 unspecified atom stereocenters. The van der Waals surface area contributed by atoms with Crippen molar-refractivity contribution >= 4 is 0 Å². The minimum absolute atomic E-state index is 0.447. The highest BCUT2D eigenvalue weighted by Crippen LogP contribution is 2.30. The van der Waals surface area contributed by atoms with Crippen molar-refractivity contribution in [3.8, 4) is 0 Å². The summed E-state index contributed by atoms with van der Waals surface area (Å²) < 4.78 is 0. The number of rotatable bonds is 4. The van der Waals surface area contributed by atoms with Crippen molar-refractivity contribution < 1.29 is 0 Å². The van der Waals surface area contributed by atoms with Crippen LogP contribution in [0.15, 0.2) is 29.6 Å². The van der Waals surface area contributed by atoms with Gasteiger partial charge in [-0.15, -0.1) is 0 Å². The molecular formula is C11H15N5. The molecule has 5 heteroatoms. The first-order valence-corrected chi connectivity index (χ1v) is 5.56. The van der Waals surface area contributed by atoms with Gasteiger partial charge in [-0.3, -0.25) is 9.88 Å². The Morgan fingerprint density at radius 1 is 1.62 bits per heavy atom. The van der Waals surface area contributed by atoms with Crippen molar-refractivity contribution in [1.29, 1.82) is 0 Å². The van der Waals surface area contributed by atoms with E-state index in [0.29, 0.717) is 12.6 Å². The van der Waals surface area contributed by atoms with Crippen molar-refractivity contribution in [2.75, 3.05) is 19.6 Å². The second-order valence-electron chi connectivity index (χ2n) is 3.93. The molecule has 1 fully saturated rings. The second-order valence-corrected chi connectivity index (χ2v) is 3.93. The van der Waals surface area contributed by atoms with Crippen LogP contribution in [0.1, 0.15) is 24.4 Å². The SMILES string of the molecule is [N-]=[N+]=NCCN1CCC[C@H]1c1cccnc1. The average molecular weight is 217 g/mol. The number of hydrogen-bond acceptors (Lipinski definition) is 3. The highest BCUT2D eigenvalue weighted by atomic mass is 15.2. The van der Waals surface area contributed by atoms with E-state index in [2.05, 4.69) is 26.0 Å². The molecule has 16 heavy (non-hydrogen) atoms. The van der Waals surface area contributed by atoms with E-state index in [1.807, 2.05) is 12.3 Å². The maximum atomic E-state index is 8.25. The van der Waals surface area contributed by atoms with Crippen LogP contribution in [0, 0.1) is 0 Å². The fraction of sp³-hybridized carbons (Fsp3) is 0.545. The van der Waals surface area contributed by atoms with Gasteiger partial charge in [0, 0.05) is 36.4 Å². The largest absolute Gasteiger partial charge is 0.296 e. The summed E-state index contributed by atoms with van der Waals surface area (Å²) in [6.07, 6.45) is 6.09. The second kappa shape index (κ2) is 5.49. The number of hydrogen-bond donors (Lipinski definition) is 0. The predicted molar refractivity (Wildman–Crippen MR) is 61.8 cm³/mol. The zero-order chi connectivity index (χ0) is 11.2. The quantitative estimate of drug-likeness (QED) is 0.442. The summed E-state index contributed by atoms with van der Waals surface area (Å²) in [5.41, 5.74) is 9.52. The van der Waals surface area contributed by atoms with Gasteiger partial charge in [-0.05, 0) is 36.5 Å². The molecule has 0 saturated carbocycles. The summed E-state index contributed by atoms with van der Waals surface area (Å²) in [5, 5.41) is 3.59.